The quantitative estimate of drug-likeness (QED) is 0.410. The number of nitrogens with one attached hydrogen (secondary N) is 1. The smallest absolute Gasteiger partial charge is 0.416 e. The first-order valence-electron chi connectivity index (χ1n) is 11.1. The highest BCUT2D eigenvalue weighted by Gasteiger charge is 2.65. The largest absolute Gasteiger partial charge is 0.435 e. The van der Waals surface area contributed by atoms with Gasteiger partial charge in [-0.05, 0) is 50.5 Å². The molecule has 9 nitrogen and oxygen atoms in total. The van der Waals surface area contributed by atoms with Crippen LogP contribution >= 0.6 is 0 Å². The minimum atomic E-state index is -4.99. The highest BCUT2D eigenvalue weighted by molar-refractivity contribution is 7.90. The molecular weight excluding hydrogens is 556 g/mol. The average molecular weight is 575 g/mol. The molecule has 0 aliphatic heterocycles. The van der Waals surface area contributed by atoms with Crippen molar-refractivity contribution in [3.05, 3.63) is 58.7 Å². The molecule has 1 aromatic carbocycles. The summed E-state index contributed by atoms with van der Waals surface area (Å²) in [5.41, 5.74) is -5.50. The summed E-state index contributed by atoms with van der Waals surface area (Å²) in [4.78, 5) is 20.8. The highest BCUT2D eigenvalue weighted by atomic mass is 32.2. The van der Waals surface area contributed by atoms with Crippen LogP contribution in [0.4, 0.5) is 32.0 Å². The maximum atomic E-state index is 13.5. The third kappa shape index (κ3) is 5.51. The lowest BCUT2D eigenvalue weighted by Crippen LogP contribution is -2.30. The second-order valence-corrected chi connectivity index (χ2v) is 10.9. The van der Waals surface area contributed by atoms with Crippen molar-refractivity contribution in [2.24, 2.45) is 0 Å². The number of aryl methyl sites for hydroxylation is 1. The SMILES string of the molecule is Cc1nc(C2(C(F)(F)F)CC2)cnc1Oc1nnc(C(F)(F)F)c(C)c1C(=O)Nc1cccc(S(C)(=O)=O)c1. The summed E-state index contributed by atoms with van der Waals surface area (Å²) < 4.78 is 110. The van der Waals surface area contributed by atoms with Gasteiger partial charge >= 0.3 is 12.4 Å². The number of halogens is 6. The maximum Gasteiger partial charge on any atom is 0.435 e. The Morgan fingerprint density at radius 1 is 1.05 bits per heavy atom. The molecule has 0 spiro atoms. The summed E-state index contributed by atoms with van der Waals surface area (Å²) in [5, 5.41) is 8.81. The third-order valence-corrected chi connectivity index (χ3v) is 7.19. The molecule has 1 aliphatic carbocycles. The van der Waals surface area contributed by atoms with Gasteiger partial charge in [0, 0.05) is 11.9 Å². The minimum absolute atomic E-state index is 0.0548. The van der Waals surface area contributed by atoms with Crippen LogP contribution in [0.2, 0.25) is 0 Å². The fourth-order valence-corrected chi connectivity index (χ4v) is 4.47. The number of ether oxygens (including phenoxy) is 1. The molecule has 0 bridgehead atoms. The molecule has 1 aliphatic rings. The van der Waals surface area contributed by atoms with E-state index in [0.717, 1.165) is 25.4 Å². The Morgan fingerprint density at radius 2 is 1.72 bits per heavy atom. The van der Waals surface area contributed by atoms with Crippen LogP contribution in [0, 0.1) is 13.8 Å². The molecule has 1 saturated carbocycles. The number of alkyl halides is 6. The van der Waals surface area contributed by atoms with Crippen molar-refractivity contribution < 1.29 is 44.3 Å². The second kappa shape index (κ2) is 9.43. The molecule has 1 fully saturated rings. The zero-order valence-corrected chi connectivity index (χ0v) is 21.2. The van der Waals surface area contributed by atoms with Gasteiger partial charge in [-0.2, -0.15) is 26.3 Å². The number of carbonyl (C=O) groups excluding carboxylic acids is 1. The van der Waals surface area contributed by atoms with Crippen LogP contribution in [0.3, 0.4) is 0 Å². The van der Waals surface area contributed by atoms with E-state index in [0.29, 0.717) is 0 Å². The molecule has 0 saturated heterocycles. The fourth-order valence-electron chi connectivity index (χ4n) is 3.81. The topological polar surface area (TPSA) is 124 Å². The number of hydrogen-bond acceptors (Lipinski definition) is 8. The number of carbonyl (C=O) groups is 1. The van der Waals surface area contributed by atoms with Gasteiger partial charge in [0.25, 0.3) is 11.8 Å². The van der Waals surface area contributed by atoms with Crippen LogP contribution in [0.1, 0.15) is 45.8 Å². The number of benzene rings is 1. The zero-order chi connectivity index (χ0) is 29.0. The molecule has 2 aromatic heterocycles. The lowest BCUT2D eigenvalue weighted by Gasteiger charge is -2.19. The number of aromatic nitrogens is 4. The second-order valence-electron chi connectivity index (χ2n) is 8.93. The van der Waals surface area contributed by atoms with E-state index in [4.69, 9.17) is 4.74 Å². The minimum Gasteiger partial charge on any atom is -0.416 e. The van der Waals surface area contributed by atoms with E-state index in [1.165, 1.54) is 25.1 Å². The van der Waals surface area contributed by atoms with Crippen LogP contribution < -0.4 is 10.1 Å². The number of rotatable bonds is 6. The number of sulfone groups is 1. The number of hydrogen-bond donors (Lipinski definition) is 1. The summed E-state index contributed by atoms with van der Waals surface area (Å²) in [5.74, 6) is -2.28. The van der Waals surface area contributed by atoms with Crippen LogP contribution in [-0.4, -0.2) is 46.9 Å². The lowest BCUT2D eigenvalue weighted by atomic mass is 10.0. The number of amides is 1. The molecule has 16 heteroatoms. The van der Waals surface area contributed by atoms with E-state index in [1.807, 2.05) is 0 Å². The summed E-state index contributed by atoms with van der Waals surface area (Å²) in [6.45, 7) is 2.23. The van der Waals surface area contributed by atoms with Crippen LogP contribution in [0.25, 0.3) is 0 Å². The van der Waals surface area contributed by atoms with Crippen molar-refractivity contribution in [3.63, 3.8) is 0 Å². The highest BCUT2D eigenvalue weighted by Crippen LogP contribution is 2.58. The Kier molecular flexibility index (Phi) is 6.82. The van der Waals surface area contributed by atoms with E-state index in [9.17, 15) is 39.6 Å². The Hall–Kier alpha value is -3.82. The van der Waals surface area contributed by atoms with Crippen molar-refractivity contribution in [1.82, 2.24) is 20.2 Å². The summed E-state index contributed by atoms with van der Waals surface area (Å²) >= 11 is 0. The Morgan fingerprint density at radius 3 is 2.26 bits per heavy atom. The first kappa shape index (κ1) is 28.2. The van der Waals surface area contributed by atoms with Gasteiger partial charge in [0.1, 0.15) is 16.7 Å². The molecule has 39 heavy (non-hydrogen) atoms. The van der Waals surface area contributed by atoms with Gasteiger partial charge in [0.05, 0.1) is 16.8 Å². The van der Waals surface area contributed by atoms with E-state index < -0.39 is 62.1 Å². The number of nitrogens with zero attached hydrogens (tertiary/aromatic N) is 4. The summed E-state index contributed by atoms with van der Waals surface area (Å²) in [7, 11) is -3.67. The van der Waals surface area contributed by atoms with E-state index in [1.54, 1.807) is 0 Å². The van der Waals surface area contributed by atoms with E-state index in [2.05, 4.69) is 25.5 Å². The molecule has 4 rings (SSSR count). The molecule has 2 heterocycles. The van der Waals surface area contributed by atoms with Crippen LogP contribution in [-0.2, 0) is 21.4 Å². The molecule has 0 atom stereocenters. The first-order chi connectivity index (χ1) is 17.9. The number of anilines is 1. The van der Waals surface area contributed by atoms with Crippen molar-refractivity contribution in [1.29, 1.82) is 0 Å². The van der Waals surface area contributed by atoms with Crippen molar-refractivity contribution in [2.75, 3.05) is 11.6 Å². The zero-order valence-electron chi connectivity index (χ0n) is 20.4. The van der Waals surface area contributed by atoms with Gasteiger partial charge in [0.15, 0.2) is 15.5 Å². The van der Waals surface area contributed by atoms with Crippen LogP contribution in [0.5, 0.6) is 11.8 Å². The third-order valence-electron chi connectivity index (χ3n) is 6.08. The Labute approximate surface area is 217 Å². The molecule has 1 amide bonds. The first-order valence-corrected chi connectivity index (χ1v) is 13.0. The molecule has 1 N–H and O–H groups in total. The van der Waals surface area contributed by atoms with Crippen molar-refractivity contribution >= 4 is 21.4 Å². The molecule has 3 aromatic rings. The Balaban J connectivity index is 1.73. The van der Waals surface area contributed by atoms with Gasteiger partial charge in [0.2, 0.25) is 5.88 Å². The monoisotopic (exact) mass is 575 g/mol. The predicted molar refractivity (Wildman–Crippen MR) is 123 cm³/mol. The van der Waals surface area contributed by atoms with Crippen molar-refractivity contribution in [2.45, 2.75) is 49.4 Å². The van der Waals surface area contributed by atoms with Gasteiger partial charge in [-0.1, -0.05) is 6.07 Å². The molecule has 208 valence electrons. The van der Waals surface area contributed by atoms with Gasteiger partial charge in [-0.3, -0.25) is 4.79 Å². The predicted octanol–water partition coefficient (Wildman–Crippen LogP) is 4.94. The standard InChI is InChI=1S/C23H19F6N5O4S/c1-11-16(18(35)32-13-5-4-6-14(9-13)39(3,36)37)20(34-33-17(11)22(24,25)26)38-19-12(2)31-15(10-30-19)21(7-8-21)23(27,28)29/h4-6,9-10H,7-8H2,1-3H3,(H,32,35). The van der Waals surface area contributed by atoms with E-state index in [-0.39, 0.29) is 34.8 Å². The van der Waals surface area contributed by atoms with E-state index >= 15 is 0 Å². The van der Waals surface area contributed by atoms with Gasteiger partial charge in [-0.15, -0.1) is 10.2 Å². The molecule has 0 unspecified atom stereocenters. The Bertz CT molecular complexity index is 1570. The molecule has 0 radical (unpaired) electrons. The fraction of sp³-hybridized carbons (Fsp3) is 0.348. The molecular formula is C23H19F6N5O4S. The summed E-state index contributed by atoms with van der Waals surface area (Å²) in [6, 6.07) is 4.99. The van der Waals surface area contributed by atoms with Gasteiger partial charge in [-0.25, -0.2) is 18.4 Å². The summed E-state index contributed by atoms with van der Waals surface area (Å²) in [6.07, 6.45) is -8.09. The average Bonchev–Trinajstić information content (AvgIpc) is 3.61. The van der Waals surface area contributed by atoms with Crippen LogP contribution in [0.15, 0.2) is 35.4 Å². The normalized spacial score (nSPS) is 15.1. The van der Waals surface area contributed by atoms with Gasteiger partial charge < -0.3 is 10.1 Å². The van der Waals surface area contributed by atoms with Crippen molar-refractivity contribution in [3.8, 4) is 11.8 Å². The lowest BCUT2D eigenvalue weighted by molar-refractivity contribution is -0.161. The maximum absolute atomic E-state index is 13.5.